The first-order chi connectivity index (χ1) is 12.6. The third-order valence-corrected chi connectivity index (χ3v) is 4.20. The summed E-state index contributed by atoms with van der Waals surface area (Å²) in [6, 6.07) is 2.29. The molecule has 0 aliphatic carbocycles. The van der Waals surface area contributed by atoms with Gasteiger partial charge in [-0.1, -0.05) is 27.5 Å². The highest BCUT2D eigenvalue weighted by Gasteiger charge is 2.37. The molecule has 0 spiro atoms. The highest BCUT2D eigenvalue weighted by Crippen LogP contribution is 2.40. The molecular formula is C15H13BrClF3N2O5. The molecule has 1 amide bonds. The van der Waals surface area contributed by atoms with Crippen LogP contribution in [0.25, 0.3) is 0 Å². The van der Waals surface area contributed by atoms with E-state index in [0.717, 1.165) is 18.1 Å². The van der Waals surface area contributed by atoms with Crippen molar-refractivity contribution < 1.29 is 37.3 Å². The van der Waals surface area contributed by atoms with E-state index in [1.54, 1.807) is 0 Å². The minimum atomic E-state index is -5.01. The third kappa shape index (κ3) is 5.05. The Bertz CT molecular complexity index is 800. The van der Waals surface area contributed by atoms with Gasteiger partial charge in [0.05, 0.1) is 30.9 Å². The van der Waals surface area contributed by atoms with Crippen molar-refractivity contribution in [3.63, 3.8) is 0 Å². The van der Waals surface area contributed by atoms with E-state index in [1.807, 2.05) is 0 Å². The molecule has 27 heavy (non-hydrogen) atoms. The number of rotatable bonds is 6. The zero-order chi connectivity index (χ0) is 20.4. The summed E-state index contributed by atoms with van der Waals surface area (Å²) in [5.41, 5.74) is -0.785. The highest BCUT2D eigenvalue weighted by molar-refractivity contribution is 9.10. The lowest BCUT2D eigenvalue weighted by Crippen LogP contribution is -2.31. The second-order valence-corrected chi connectivity index (χ2v) is 6.55. The lowest BCUT2D eigenvalue weighted by Gasteiger charge is -2.18. The standard InChI is InChI=1S/C15H13BrClF3N2O5/c1-26-14(25)8-6-22(2-3-23)13(24)11(8)21-12-9(17)4-7(16)5-10(12)27-15(18,19)20/h4-5,21,23H,2-3,6H2,1H3. The molecule has 0 unspecified atom stereocenters. The molecule has 1 aliphatic rings. The van der Waals surface area contributed by atoms with Crippen LogP contribution in [0, 0.1) is 0 Å². The van der Waals surface area contributed by atoms with Gasteiger partial charge in [-0.3, -0.25) is 4.79 Å². The van der Waals surface area contributed by atoms with Crippen LogP contribution in [0.3, 0.4) is 0 Å². The van der Waals surface area contributed by atoms with Gasteiger partial charge in [0.25, 0.3) is 5.91 Å². The van der Waals surface area contributed by atoms with Gasteiger partial charge in [-0.05, 0) is 12.1 Å². The van der Waals surface area contributed by atoms with Crippen LogP contribution in [0.1, 0.15) is 0 Å². The van der Waals surface area contributed by atoms with E-state index in [2.05, 4.69) is 30.7 Å². The van der Waals surface area contributed by atoms with Gasteiger partial charge in [0.2, 0.25) is 0 Å². The fourth-order valence-corrected chi connectivity index (χ4v) is 3.18. The molecule has 7 nitrogen and oxygen atoms in total. The van der Waals surface area contributed by atoms with Crippen LogP contribution in [0.5, 0.6) is 5.75 Å². The molecule has 1 aromatic rings. The SMILES string of the molecule is COC(=O)C1=C(Nc2c(Cl)cc(Br)cc2OC(F)(F)F)C(=O)N(CCO)C1. The molecule has 0 radical (unpaired) electrons. The van der Waals surface area contributed by atoms with Crippen molar-refractivity contribution in [2.75, 3.05) is 32.1 Å². The van der Waals surface area contributed by atoms with Crippen LogP contribution in [0.15, 0.2) is 27.9 Å². The van der Waals surface area contributed by atoms with Crippen molar-refractivity contribution in [1.82, 2.24) is 4.90 Å². The molecule has 12 heteroatoms. The maximum absolute atomic E-state index is 12.7. The number of β-amino-alcohol motifs (C(OH)–C–C–N with tert-alkyl or cyclic N) is 1. The molecule has 2 N–H and O–H groups in total. The summed E-state index contributed by atoms with van der Waals surface area (Å²) < 4.78 is 46.9. The van der Waals surface area contributed by atoms with Crippen molar-refractivity contribution in [2.45, 2.75) is 6.36 Å². The predicted molar refractivity (Wildman–Crippen MR) is 92.2 cm³/mol. The van der Waals surface area contributed by atoms with Crippen molar-refractivity contribution >= 4 is 45.1 Å². The number of methoxy groups -OCH3 is 1. The average Bonchev–Trinajstić information content (AvgIpc) is 2.85. The van der Waals surface area contributed by atoms with E-state index < -0.39 is 24.0 Å². The topological polar surface area (TPSA) is 88.1 Å². The van der Waals surface area contributed by atoms with Gasteiger partial charge in [-0.2, -0.15) is 0 Å². The molecule has 1 heterocycles. The molecule has 0 fully saturated rings. The number of nitrogens with zero attached hydrogens (tertiary/aromatic N) is 1. The summed E-state index contributed by atoms with van der Waals surface area (Å²) >= 11 is 9.01. The van der Waals surface area contributed by atoms with Crippen molar-refractivity contribution in [3.05, 3.63) is 32.9 Å². The van der Waals surface area contributed by atoms with Crippen LogP contribution in [0.4, 0.5) is 18.9 Å². The Kier molecular flexibility index (Phi) is 6.60. The van der Waals surface area contributed by atoms with Crippen molar-refractivity contribution in [2.24, 2.45) is 0 Å². The summed E-state index contributed by atoms with van der Waals surface area (Å²) in [5, 5.41) is 11.3. The van der Waals surface area contributed by atoms with Crippen molar-refractivity contribution in [1.29, 1.82) is 0 Å². The molecule has 0 saturated carbocycles. The molecule has 0 bridgehead atoms. The lowest BCUT2D eigenvalue weighted by atomic mass is 10.2. The van der Waals surface area contributed by atoms with E-state index in [-0.39, 0.29) is 46.1 Å². The summed E-state index contributed by atoms with van der Waals surface area (Å²) in [6.45, 7) is -0.628. The number of benzene rings is 1. The minimum Gasteiger partial charge on any atom is -0.466 e. The van der Waals surface area contributed by atoms with Gasteiger partial charge in [0, 0.05) is 11.0 Å². The van der Waals surface area contributed by atoms with Gasteiger partial charge in [0.1, 0.15) is 11.4 Å². The number of aliphatic hydroxyl groups excluding tert-OH is 1. The first-order valence-electron chi connectivity index (χ1n) is 7.30. The van der Waals surface area contributed by atoms with Gasteiger partial charge < -0.3 is 24.8 Å². The number of hydrogen-bond donors (Lipinski definition) is 2. The number of aliphatic hydroxyl groups is 1. The van der Waals surface area contributed by atoms with Crippen LogP contribution in [-0.2, 0) is 14.3 Å². The highest BCUT2D eigenvalue weighted by atomic mass is 79.9. The third-order valence-electron chi connectivity index (χ3n) is 3.45. The summed E-state index contributed by atoms with van der Waals surface area (Å²) in [6.07, 6.45) is -5.01. The number of nitrogens with one attached hydrogen (secondary N) is 1. The minimum absolute atomic E-state index is 0.0789. The normalized spacial score (nSPS) is 14.6. The zero-order valence-corrected chi connectivity index (χ0v) is 16.0. The number of ether oxygens (including phenoxy) is 2. The van der Waals surface area contributed by atoms with Crippen LogP contribution >= 0.6 is 27.5 Å². The van der Waals surface area contributed by atoms with E-state index in [4.69, 9.17) is 16.7 Å². The Morgan fingerprint density at radius 2 is 2.11 bits per heavy atom. The molecule has 0 atom stereocenters. The Labute approximate surface area is 164 Å². The van der Waals surface area contributed by atoms with Crippen LogP contribution in [-0.4, -0.2) is 55.1 Å². The Morgan fingerprint density at radius 1 is 1.44 bits per heavy atom. The second-order valence-electron chi connectivity index (χ2n) is 5.23. The zero-order valence-electron chi connectivity index (χ0n) is 13.7. The Balaban J connectivity index is 2.49. The molecule has 148 valence electrons. The number of halogens is 5. The maximum Gasteiger partial charge on any atom is 0.573 e. The number of anilines is 1. The number of carbonyl (C=O) groups is 2. The summed E-state index contributed by atoms with van der Waals surface area (Å²) in [4.78, 5) is 25.6. The fraction of sp³-hybridized carbons (Fsp3) is 0.333. The molecule has 1 aromatic carbocycles. The molecule has 2 rings (SSSR count). The summed E-state index contributed by atoms with van der Waals surface area (Å²) in [7, 11) is 1.09. The molecule has 0 aromatic heterocycles. The van der Waals surface area contributed by atoms with E-state index in [9.17, 15) is 22.8 Å². The maximum atomic E-state index is 12.7. The van der Waals surface area contributed by atoms with Crippen LogP contribution in [0.2, 0.25) is 5.02 Å². The lowest BCUT2D eigenvalue weighted by molar-refractivity contribution is -0.274. The first-order valence-corrected chi connectivity index (χ1v) is 8.48. The fourth-order valence-electron chi connectivity index (χ4n) is 2.35. The average molecular weight is 474 g/mol. The number of esters is 1. The van der Waals surface area contributed by atoms with Gasteiger partial charge in [-0.25, -0.2) is 4.79 Å². The van der Waals surface area contributed by atoms with E-state index >= 15 is 0 Å². The summed E-state index contributed by atoms with van der Waals surface area (Å²) in [5.74, 6) is -2.26. The van der Waals surface area contributed by atoms with Crippen LogP contribution < -0.4 is 10.1 Å². The predicted octanol–water partition coefficient (Wildman–Crippen LogP) is 2.67. The molecular weight excluding hydrogens is 461 g/mol. The van der Waals surface area contributed by atoms with Crippen molar-refractivity contribution in [3.8, 4) is 5.75 Å². The quantitative estimate of drug-likeness (QED) is 0.618. The number of carbonyl (C=O) groups excluding carboxylic acids is 2. The Morgan fingerprint density at radius 3 is 2.67 bits per heavy atom. The number of hydrogen-bond acceptors (Lipinski definition) is 6. The molecule has 0 saturated heterocycles. The Hall–Kier alpha value is -1.98. The largest absolute Gasteiger partial charge is 0.573 e. The van der Waals surface area contributed by atoms with Gasteiger partial charge >= 0.3 is 12.3 Å². The second kappa shape index (κ2) is 8.36. The number of amides is 1. The number of alkyl halides is 3. The molecule has 1 aliphatic heterocycles. The van der Waals surface area contributed by atoms with Gasteiger partial charge in [0.15, 0.2) is 5.75 Å². The van der Waals surface area contributed by atoms with Gasteiger partial charge in [-0.15, -0.1) is 13.2 Å². The smallest absolute Gasteiger partial charge is 0.466 e. The monoisotopic (exact) mass is 472 g/mol. The first kappa shape index (κ1) is 21.3. The van der Waals surface area contributed by atoms with E-state index in [1.165, 1.54) is 6.07 Å². The van der Waals surface area contributed by atoms with E-state index in [0.29, 0.717) is 0 Å².